The largest absolute Gasteiger partial charge is 0.298 e. The van der Waals surface area contributed by atoms with Crippen LogP contribution in [0, 0.1) is 0 Å². The smallest absolute Gasteiger partial charge is 0.147 e. The third-order valence-electron chi connectivity index (χ3n) is 2.08. The Morgan fingerprint density at radius 3 is 2.69 bits per heavy atom. The Labute approximate surface area is 102 Å². The number of aromatic nitrogens is 2. The van der Waals surface area contributed by atoms with E-state index in [1.807, 2.05) is 17.8 Å². The number of hydrogen-bond donors (Lipinski definition) is 0. The maximum absolute atomic E-state index is 11.7. The Hall–Kier alpha value is -0.770. The minimum atomic E-state index is 0.156. The molecule has 0 unspecified atom stereocenters. The Kier molecular flexibility index (Phi) is 4.59. The van der Waals surface area contributed by atoms with Gasteiger partial charge in [-0.1, -0.05) is 20.8 Å². The van der Waals surface area contributed by atoms with Gasteiger partial charge in [-0.25, -0.2) is 0 Å². The number of thioether (sulfide) groups is 1. The predicted molar refractivity (Wildman–Crippen MR) is 68.8 cm³/mol. The van der Waals surface area contributed by atoms with Gasteiger partial charge in [-0.2, -0.15) is 5.10 Å². The second kappa shape index (κ2) is 5.53. The molecule has 0 saturated carbocycles. The first-order chi connectivity index (χ1) is 7.40. The number of nitrogens with zero attached hydrogens (tertiary/aromatic N) is 2. The maximum Gasteiger partial charge on any atom is 0.147 e. The molecule has 4 heteroatoms. The summed E-state index contributed by atoms with van der Waals surface area (Å²) in [7, 11) is 0. The second-order valence-electron chi connectivity index (χ2n) is 4.82. The topological polar surface area (TPSA) is 34.9 Å². The summed E-state index contributed by atoms with van der Waals surface area (Å²) in [5.41, 5.74) is 1.02. The lowest BCUT2D eigenvalue weighted by atomic mass is 10.2. The van der Waals surface area contributed by atoms with Crippen LogP contribution in [0.25, 0.3) is 0 Å². The van der Waals surface area contributed by atoms with Gasteiger partial charge in [0.1, 0.15) is 5.78 Å². The molecular formula is C12H20N2OS. The van der Waals surface area contributed by atoms with E-state index in [0.717, 1.165) is 12.1 Å². The third-order valence-corrected chi connectivity index (χ3v) is 3.41. The number of aryl methyl sites for hydroxylation is 1. The van der Waals surface area contributed by atoms with Crippen LogP contribution in [0.1, 0.15) is 33.3 Å². The molecule has 0 aliphatic carbocycles. The van der Waals surface area contributed by atoms with Crippen LogP contribution in [0.15, 0.2) is 12.4 Å². The van der Waals surface area contributed by atoms with Crippen molar-refractivity contribution in [3.63, 3.8) is 0 Å². The molecule has 0 aromatic carbocycles. The fourth-order valence-electron chi connectivity index (χ4n) is 1.25. The molecule has 0 spiro atoms. The molecule has 0 atom stereocenters. The van der Waals surface area contributed by atoms with E-state index in [9.17, 15) is 4.79 Å². The number of carbonyl (C=O) groups excluding carboxylic acids is 1. The van der Waals surface area contributed by atoms with Crippen molar-refractivity contribution in [3.05, 3.63) is 18.0 Å². The Balaban J connectivity index is 2.40. The van der Waals surface area contributed by atoms with E-state index in [4.69, 9.17) is 0 Å². The molecule has 0 saturated heterocycles. The molecule has 0 N–H and O–H groups in total. The van der Waals surface area contributed by atoms with Crippen LogP contribution in [0.4, 0.5) is 0 Å². The molecule has 0 radical (unpaired) electrons. The average molecular weight is 240 g/mol. The molecule has 0 bridgehead atoms. The Morgan fingerprint density at radius 1 is 1.50 bits per heavy atom. The molecule has 3 nitrogen and oxygen atoms in total. The van der Waals surface area contributed by atoms with Crippen LogP contribution in [0.2, 0.25) is 0 Å². The van der Waals surface area contributed by atoms with Gasteiger partial charge in [0.15, 0.2) is 0 Å². The first-order valence-corrected chi connectivity index (χ1v) is 6.56. The first-order valence-electron chi connectivity index (χ1n) is 5.57. The van der Waals surface area contributed by atoms with E-state index >= 15 is 0 Å². The zero-order chi connectivity index (χ0) is 12.2. The fraction of sp³-hybridized carbons (Fsp3) is 0.667. The molecule has 0 aliphatic heterocycles. The summed E-state index contributed by atoms with van der Waals surface area (Å²) >= 11 is 1.70. The lowest BCUT2D eigenvalue weighted by molar-refractivity contribution is -0.116. The second-order valence-corrected chi connectivity index (χ2v) is 6.62. The third kappa shape index (κ3) is 4.84. The molecule has 0 amide bonds. The van der Waals surface area contributed by atoms with E-state index in [1.54, 1.807) is 18.0 Å². The Morgan fingerprint density at radius 2 is 2.19 bits per heavy atom. The minimum absolute atomic E-state index is 0.156. The summed E-state index contributed by atoms with van der Waals surface area (Å²) < 4.78 is 2.00. The van der Waals surface area contributed by atoms with Crippen molar-refractivity contribution >= 4 is 17.5 Å². The molecule has 0 fully saturated rings. The van der Waals surface area contributed by atoms with Crippen LogP contribution in [-0.4, -0.2) is 26.1 Å². The van der Waals surface area contributed by atoms with Crippen LogP contribution < -0.4 is 0 Å². The van der Waals surface area contributed by atoms with Gasteiger partial charge < -0.3 is 0 Å². The molecule has 1 heterocycles. The fourth-order valence-corrected chi connectivity index (χ4v) is 1.94. The number of carbonyl (C=O) groups is 1. The van der Waals surface area contributed by atoms with Crippen LogP contribution in [-0.2, 0) is 17.8 Å². The molecule has 90 valence electrons. The number of rotatable bonds is 5. The minimum Gasteiger partial charge on any atom is -0.298 e. The first kappa shape index (κ1) is 13.3. The van der Waals surface area contributed by atoms with E-state index in [1.165, 1.54) is 0 Å². The zero-order valence-corrected chi connectivity index (χ0v) is 11.3. The molecule has 1 aromatic heterocycles. The van der Waals surface area contributed by atoms with Gasteiger partial charge in [-0.05, 0) is 12.5 Å². The molecule has 16 heavy (non-hydrogen) atoms. The van der Waals surface area contributed by atoms with Gasteiger partial charge in [-0.15, -0.1) is 11.8 Å². The van der Waals surface area contributed by atoms with Gasteiger partial charge in [0, 0.05) is 23.9 Å². The van der Waals surface area contributed by atoms with Crippen molar-refractivity contribution in [3.8, 4) is 0 Å². The van der Waals surface area contributed by atoms with E-state index in [-0.39, 0.29) is 10.5 Å². The van der Waals surface area contributed by atoms with E-state index in [2.05, 4.69) is 25.9 Å². The molecule has 1 rings (SSSR count). The summed E-state index contributed by atoms with van der Waals surface area (Å²) in [6.07, 6.45) is 4.23. The number of hydrogen-bond acceptors (Lipinski definition) is 3. The van der Waals surface area contributed by atoms with Gasteiger partial charge in [-0.3, -0.25) is 9.48 Å². The summed E-state index contributed by atoms with van der Waals surface area (Å²) in [5.74, 6) is 0.858. The number of ketones is 1. The zero-order valence-electron chi connectivity index (χ0n) is 10.5. The van der Waals surface area contributed by atoms with Crippen molar-refractivity contribution < 1.29 is 4.79 Å². The predicted octanol–water partition coefficient (Wildman–Crippen LogP) is 2.55. The normalized spacial score (nSPS) is 11.8. The lowest BCUT2D eigenvalue weighted by Crippen LogP contribution is -2.14. The highest BCUT2D eigenvalue weighted by molar-refractivity contribution is 8.01. The molecular weight excluding hydrogens is 220 g/mol. The number of Topliss-reactive ketones (excluding diaryl/α,β-unsaturated/α-hetero) is 1. The van der Waals surface area contributed by atoms with Crippen molar-refractivity contribution in [1.29, 1.82) is 0 Å². The van der Waals surface area contributed by atoms with Crippen LogP contribution >= 0.6 is 11.8 Å². The van der Waals surface area contributed by atoms with Gasteiger partial charge in [0.05, 0.1) is 11.9 Å². The average Bonchev–Trinajstić information content (AvgIpc) is 2.61. The van der Waals surface area contributed by atoms with Crippen molar-refractivity contribution in [2.75, 3.05) is 5.75 Å². The van der Waals surface area contributed by atoms with Crippen molar-refractivity contribution in [2.45, 2.75) is 45.4 Å². The highest BCUT2D eigenvalue weighted by Gasteiger charge is 2.14. The van der Waals surface area contributed by atoms with Gasteiger partial charge in [0.25, 0.3) is 0 Å². The molecule has 1 aromatic rings. The van der Waals surface area contributed by atoms with Crippen molar-refractivity contribution in [2.24, 2.45) is 0 Å². The summed E-state index contributed by atoms with van der Waals surface area (Å²) in [6.45, 7) is 9.26. The monoisotopic (exact) mass is 240 g/mol. The maximum atomic E-state index is 11.7. The van der Waals surface area contributed by atoms with E-state index in [0.29, 0.717) is 12.2 Å². The highest BCUT2D eigenvalue weighted by Crippen LogP contribution is 2.23. The summed E-state index contributed by atoms with van der Waals surface area (Å²) in [4.78, 5) is 11.7. The quantitative estimate of drug-likeness (QED) is 0.793. The van der Waals surface area contributed by atoms with Crippen LogP contribution in [0.3, 0.4) is 0 Å². The highest BCUT2D eigenvalue weighted by atomic mass is 32.2. The summed E-state index contributed by atoms with van der Waals surface area (Å²) in [5, 5.41) is 4.15. The Bertz CT molecular complexity index is 352. The summed E-state index contributed by atoms with van der Waals surface area (Å²) in [6, 6.07) is 0. The SMILES string of the molecule is CCn1cc(CC(=O)CSC(C)(C)C)cn1. The van der Waals surface area contributed by atoms with Crippen LogP contribution in [0.5, 0.6) is 0 Å². The van der Waals surface area contributed by atoms with Crippen molar-refractivity contribution in [1.82, 2.24) is 9.78 Å². The van der Waals surface area contributed by atoms with Gasteiger partial charge >= 0.3 is 0 Å². The van der Waals surface area contributed by atoms with Gasteiger partial charge in [0.2, 0.25) is 0 Å². The molecule has 0 aliphatic rings. The lowest BCUT2D eigenvalue weighted by Gasteiger charge is -2.16. The standard InChI is InChI=1S/C12H20N2OS/c1-5-14-8-10(7-13-14)6-11(15)9-16-12(2,3)4/h7-8H,5-6,9H2,1-4H3. The van der Waals surface area contributed by atoms with E-state index < -0.39 is 0 Å².